The second-order valence-corrected chi connectivity index (χ2v) is 4.35. The SMILES string of the molecule is NC(=O)c1ccccc1CN1C[C@@H](O)[C@@H](O)C1. The number of nitrogens with zero attached hydrogens (tertiary/aromatic N) is 1. The Labute approximate surface area is 99.5 Å². The molecule has 1 aromatic rings. The van der Waals surface area contributed by atoms with Gasteiger partial charge in [0.05, 0.1) is 12.2 Å². The van der Waals surface area contributed by atoms with Gasteiger partial charge < -0.3 is 15.9 Å². The van der Waals surface area contributed by atoms with Crippen molar-refractivity contribution < 1.29 is 15.0 Å². The van der Waals surface area contributed by atoms with Crippen molar-refractivity contribution in [2.75, 3.05) is 13.1 Å². The molecule has 1 aliphatic rings. The summed E-state index contributed by atoms with van der Waals surface area (Å²) in [4.78, 5) is 13.1. The maximum Gasteiger partial charge on any atom is 0.249 e. The first-order valence-electron chi connectivity index (χ1n) is 5.54. The van der Waals surface area contributed by atoms with Crippen molar-refractivity contribution >= 4 is 5.91 Å². The third kappa shape index (κ3) is 2.63. The Morgan fingerprint density at radius 3 is 2.47 bits per heavy atom. The molecule has 92 valence electrons. The molecule has 1 fully saturated rings. The number of likely N-dealkylation sites (tertiary alicyclic amines) is 1. The standard InChI is InChI=1S/C12H16N2O3/c13-12(17)9-4-2-1-3-8(9)5-14-6-10(15)11(16)7-14/h1-4,10-11,15-16H,5-7H2,(H2,13,17)/t10-,11+. The van der Waals surface area contributed by atoms with E-state index in [0.29, 0.717) is 25.2 Å². The highest BCUT2D eigenvalue weighted by molar-refractivity contribution is 5.94. The van der Waals surface area contributed by atoms with Gasteiger partial charge >= 0.3 is 0 Å². The number of primary amides is 1. The third-order valence-electron chi connectivity index (χ3n) is 3.01. The summed E-state index contributed by atoms with van der Waals surface area (Å²) in [6, 6.07) is 7.11. The molecule has 0 spiro atoms. The Morgan fingerprint density at radius 1 is 1.29 bits per heavy atom. The molecule has 2 rings (SSSR count). The van der Waals surface area contributed by atoms with Crippen LogP contribution in [0.3, 0.4) is 0 Å². The average Bonchev–Trinajstić information content (AvgIpc) is 2.58. The van der Waals surface area contributed by atoms with Gasteiger partial charge in [0.2, 0.25) is 5.91 Å². The molecule has 0 aliphatic carbocycles. The molecule has 1 saturated heterocycles. The number of carbonyl (C=O) groups is 1. The van der Waals surface area contributed by atoms with Crippen LogP contribution >= 0.6 is 0 Å². The monoisotopic (exact) mass is 236 g/mol. The maximum absolute atomic E-state index is 11.2. The fraction of sp³-hybridized carbons (Fsp3) is 0.417. The van der Waals surface area contributed by atoms with E-state index < -0.39 is 18.1 Å². The van der Waals surface area contributed by atoms with Gasteiger partial charge in [-0.15, -0.1) is 0 Å². The van der Waals surface area contributed by atoms with Crippen LogP contribution < -0.4 is 5.73 Å². The molecule has 0 aromatic heterocycles. The predicted molar refractivity (Wildman–Crippen MR) is 62.3 cm³/mol. The smallest absolute Gasteiger partial charge is 0.249 e. The van der Waals surface area contributed by atoms with E-state index in [2.05, 4.69) is 0 Å². The molecule has 5 nitrogen and oxygen atoms in total. The summed E-state index contributed by atoms with van der Waals surface area (Å²) in [6.07, 6.45) is -1.42. The minimum absolute atomic E-state index is 0.411. The number of nitrogens with two attached hydrogens (primary N) is 1. The Bertz CT molecular complexity index is 412. The molecular formula is C12H16N2O3. The molecule has 17 heavy (non-hydrogen) atoms. The second kappa shape index (κ2) is 4.83. The van der Waals surface area contributed by atoms with E-state index in [9.17, 15) is 15.0 Å². The lowest BCUT2D eigenvalue weighted by molar-refractivity contribution is 0.0572. The number of benzene rings is 1. The molecule has 0 unspecified atom stereocenters. The Morgan fingerprint density at radius 2 is 1.88 bits per heavy atom. The number of hydrogen-bond donors (Lipinski definition) is 3. The summed E-state index contributed by atoms with van der Waals surface area (Å²) in [5, 5.41) is 18.9. The lowest BCUT2D eigenvalue weighted by Gasteiger charge is -2.16. The Hall–Kier alpha value is -1.43. The zero-order chi connectivity index (χ0) is 12.4. The second-order valence-electron chi connectivity index (χ2n) is 4.35. The summed E-state index contributed by atoms with van der Waals surface area (Å²) >= 11 is 0. The van der Waals surface area contributed by atoms with Crippen molar-refractivity contribution in [1.82, 2.24) is 4.90 Å². The van der Waals surface area contributed by atoms with E-state index in [4.69, 9.17) is 5.73 Å². The van der Waals surface area contributed by atoms with Gasteiger partial charge in [0, 0.05) is 25.2 Å². The van der Waals surface area contributed by atoms with Gasteiger partial charge in [-0.1, -0.05) is 18.2 Å². The van der Waals surface area contributed by atoms with Crippen LogP contribution in [0.4, 0.5) is 0 Å². The van der Waals surface area contributed by atoms with Crippen LogP contribution in [0.15, 0.2) is 24.3 Å². The van der Waals surface area contributed by atoms with Crippen molar-refractivity contribution in [2.45, 2.75) is 18.8 Å². The highest BCUT2D eigenvalue weighted by Crippen LogP contribution is 2.16. The molecule has 1 heterocycles. The van der Waals surface area contributed by atoms with E-state index in [1.165, 1.54) is 0 Å². The van der Waals surface area contributed by atoms with Crippen molar-refractivity contribution in [2.24, 2.45) is 5.73 Å². The number of aliphatic hydroxyl groups is 2. The first-order valence-corrected chi connectivity index (χ1v) is 5.54. The molecule has 1 aromatic carbocycles. The Kier molecular flexibility index (Phi) is 3.42. The average molecular weight is 236 g/mol. The lowest BCUT2D eigenvalue weighted by Crippen LogP contribution is -2.24. The number of aliphatic hydroxyl groups excluding tert-OH is 2. The van der Waals surface area contributed by atoms with Gasteiger partial charge in [0.25, 0.3) is 0 Å². The molecule has 4 N–H and O–H groups in total. The zero-order valence-corrected chi connectivity index (χ0v) is 9.41. The summed E-state index contributed by atoms with van der Waals surface area (Å²) < 4.78 is 0. The summed E-state index contributed by atoms with van der Waals surface area (Å²) in [7, 11) is 0. The van der Waals surface area contributed by atoms with Crippen LogP contribution in [0.25, 0.3) is 0 Å². The molecule has 5 heteroatoms. The minimum atomic E-state index is -0.712. The van der Waals surface area contributed by atoms with Gasteiger partial charge in [0.1, 0.15) is 0 Å². The van der Waals surface area contributed by atoms with Crippen LogP contribution in [0.1, 0.15) is 15.9 Å². The molecule has 2 atom stereocenters. The number of hydrogen-bond acceptors (Lipinski definition) is 4. The number of rotatable bonds is 3. The fourth-order valence-corrected chi connectivity index (χ4v) is 2.12. The first kappa shape index (κ1) is 12.0. The van der Waals surface area contributed by atoms with Crippen molar-refractivity contribution in [3.05, 3.63) is 35.4 Å². The fourth-order valence-electron chi connectivity index (χ4n) is 2.12. The van der Waals surface area contributed by atoms with Crippen LogP contribution in [0, 0.1) is 0 Å². The summed E-state index contributed by atoms with van der Waals surface area (Å²) in [6.45, 7) is 1.33. The largest absolute Gasteiger partial charge is 0.389 e. The van der Waals surface area contributed by atoms with Crippen molar-refractivity contribution in [3.8, 4) is 0 Å². The van der Waals surface area contributed by atoms with Gasteiger partial charge in [-0.3, -0.25) is 9.69 Å². The Balaban J connectivity index is 2.11. The van der Waals surface area contributed by atoms with Gasteiger partial charge in [-0.25, -0.2) is 0 Å². The third-order valence-corrected chi connectivity index (χ3v) is 3.01. The topological polar surface area (TPSA) is 86.8 Å². The van der Waals surface area contributed by atoms with E-state index in [1.807, 2.05) is 17.0 Å². The summed E-state index contributed by atoms with van der Waals surface area (Å²) in [5.74, 6) is -0.458. The van der Waals surface area contributed by atoms with Gasteiger partial charge in [0.15, 0.2) is 0 Å². The van der Waals surface area contributed by atoms with E-state index in [0.717, 1.165) is 5.56 Å². The zero-order valence-electron chi connectivity index (χ0n) is 9.41. The maximum atomic E-state index is 11.2. The molecule has 0 radical (unpaired) electrons. The number of β-amino-alcohol motifs (C(OH)–C–C–N with tert-alkyl or cyclic N) is 2. The van der Waals surface area contributed by atoms with Crippen LogP contribution in [-0.4, -0.2) is 46.3 Å². The van der Waals surface area contributed by atoms with E-state index >= 15 is 0 Å². The molecule has 1 aliphatic heterocycles. The summed E-state index contributed by atoms with van der Waals surface area (Å²) in [5.41, 5.74) is 6.60. The minimum Gasteiger partial charge on any atom is -0.389 e. The normalized spacial score (nSPS) is 25.1. The quantitative estimate of drug-likeness (QED) is 0.649. The molecule has 0 bridgehead atoms. The lowest BCUT2D eigenvalue weighted by atomic mass is 10.1. The molecule has 1 amide bonds. The predicted octanol–water partition coefficient (Wildman–Crippen LogP) is -0.677. The number of carbonyl (C=O) groups excluding carboxylic acids is 1. The highest BCUT2D eigenvalue weighted by atomic mass is 16.3. The molecular weight excluding hydrogens is 220 g/mol. The van der Waals surface area contributed by atoms with Crippen molar-refractivity contribution in [3.63, 3.8) is 0 Å². The van der Waals surface area contributed by atoms with Gasteiger partial charge in [-0.2, -0.15) is 0 Å². The highest BCUT2D eigenvalue weighted by Gasteiger charge is 2.29. The van der Waals surface area contributed by atoms with Crippen molar-refractivity contribution in [1.29, 1.82) is 0 Å². The molecule has 0 saturated carbocycles. The number of amides is 1. The van der Waals surface area contributed by atoms with E-state index in [-0.39, 0.29) is 0 Å². The van der Waals surface area contributed by atoms with Crippen LogP contribution in [0.2, 0.25) is 0 Å². The first-order chi connectivity index (χ1) is 8.08. The van der Waals surface area contributed by atoms with E-state index in [1.54, 1.807) is 12.1 Å². The van der Waals surface area contributed by atoms with Crippen LogP contribution in [-0.2, 0) is 6.54 Å². The van der Waals surface area contributed by atoms with Crippen LogP contribution in [0.5, 0.6) is 0 Å². The van der Waals surface area contributed by atoms with Gasteiger partial charge in [-0.05, 0) is 11.6 Å².